The molecule has 0 saturated carbocycles. The Balaban J connectivity index is 0.000000120. The monoisotopic (exact) mass is 1560 g/mol. The lowest BCUT2D eigenvalue weighted by atomic mass is 10.1. The zero-order valence-corrected chi connectivity index (χ0v) is 67.9. The fraction of sp³-hybridized carbons (Fsp3) is 0.265. The molecule has 14 aromatic rings. The maximum atomic E-state index is 7.83. The van der Waals surface area contributed by atoms with Gasteiger partial charge in [-0.3, -0.25) is 0 Å². The summed E-state index contributed by atoms with van der Waals surface area (Å²) in [6.45, 7) is 17.4. The number of anilines is 14. The average Bonchev–Trinajstić information content (AvgIpc) is 1.57. The van der Waals surface area contributed by atoms with Gasteiger partial charge in [0.1, 0.15) is 48.2 Å². The van der Waals surface area contributed by atoms with Crippen LogP contribution < -0.4 is 49.0 Å². The van der Waals surface area contributed by atoms with Crippen LogP contribution in [-0.4, -0.2) is 108 Å². The summed E-state index contributed by atoms with van der Waals surface area (Å²) in [6.07, 6.45) is 12.9. The molecule has 0 saturated heterocycles. The minimum Gasteiger partial charge on any atom is -0.454 e. The summed E-state index contributed by atoms with van der Waals surface area (Å²) in [6, 6.07) is 72.0. The number of nitrogens with zero attached hydrogens (tertiary/aromatic N) is 16. The SMILES string of the molecule is Cc1ccc2c(oc3ccccc32)c1N1C=CN(C(C)C)C1C.[2H]C([2H])([2H])N1C=CN(c2c(C)ccc3c2oc2ccccc23)C1C.[2H]C([2H])([2H])N1c2ccccc2N(c2ccccc2C)C1C.[2H]C([2H])([2H])N1c2cccnc2N(c2ccccc2C)C1C.[2H]C([2H])([2H])N1c2ncccc2N(c2ccccc2C)C1C.[2H]C([2H])([2H])N1c2nccnc2N(c2ccccc2C)C1C. The lowest BCUT2D eigenvalue weighted by Crippen LogP contribution is -2.39. The number of benzene rings is 9. The zero-order chi connectivity index (χ0) is 94.0. The van der Waals surface area contributed by atoms with Crippen LogP contribution in [0.3, 0.4) is 0 Å². The van der Waals surface area contributed by atoms with E-state index in [2.05, 4.69) is 111 Å². The molecule has 116 heavy (non-hydrogen) atoms. The molecule has 0 N–H and O–H groups in total. The second kappa shape index (κ2) is 32.9. The Morgan fingerprint density at radius 2 is 0.672 bits per heavy atom. The highest BCUT2D eigenvalue weighted by molar-refractivity contribution is 6.11. The molecule has 0 bridgehead atoms. The molecular weight excluding hydrogens is 1430 g/mol. The molecule has 5 aromatic heterocycles. The van der Waals surface area contributed by atoms with E-state index >= 15 is 0 Å². The second-order valence-electron chi connectivity index (χ2n) is 30.1. The number of hydrogen-bond donors (Lipinski definition) is 0. The summed E-state index contributed by atoms with van der Waals surface area (Å²) in [5.41, 5.74) is 19.5. The number of furan rings is 2. The summed E-state index contributed by atoms with van der Waals surface area (Å²) in [5, 5.41) is 4.47. The Kier molecular flexibility index (Phi) is 17.4. The molecular formula is C98H108N16O2. The first-order chi connectivity index (χ1) is 62.1. The molecule has 0 fully saturated rings. The van der Waals surface area contributed by atoms with Crippen LogP contribution >= 0.6 is 0 Å². The van der Waals surface area contributed by atoms with Crippen LogP contribution in [0.2, 0.25) is 0 Å². The number of hydrogen-bond acceptors (Lipinski definition) is 18. The lowest BCUT2D eigenvalue weighted by molar-refractivity contribution is 0.263. The molecule has 6 unspecified atom stereocenters. The molecule has 9 aromatic carbocycles. The number of aromatic nitrogens is 4. The van der Waals surface area contributed by atoms with Gasteiger partial charge in [0.25, 0.3) is 0 Å². The van der Waals surface area contributed by atoms with Crippen LogP contribution in [0.15, 0.2) is 277 Å². The summed E-state index contributed by atoms with van der Waals surface area (Å²) < 4.78 is 129. The quantitative estimate of drug-likeness (QED) is 0.150. The Hall–Kier alpha value is -13.0. The summed E-state index contributed by atoms with van der Waals surface area (Å²) in [5.74, 6) is 2.17. The molecule has 6 atom stereocenters. The van der Waals surface area contributed by atoms with Gasteiger partial charge in [0.15, 0.2) is 34.4 Å². The van der Waals surface area contributed by atoms with Crippen molar-refractivity contribution in [1.29, 1.82) is 0 Å². The molecule has 592 valence electrons. The molecule has 11 heterocycles. The predicted octanol–water partition coefficient (Wildman–Crippen LogP) is 23.0. The van der Waals surface area contributed by atoms with Crippen molar-refractivity contribution in [3.63, 3.8) is 0 Å². The van der Waals surface area contributed by atoms with Gasteiger partial charge in [-0.2, -0.15) is 0 Å². The fourth-order valence-electron chi connectivity index (χ4n) is 16.2. The molecule has 0 aliphatic carbocycles. The van der Waals surface area contributed by atoms with Crippen molar-refractivity contribution in [1.82, 2.24) is 29.7 Å². The van der Waals surface area contributed by atoms with E-state index in [1.165, 1.54) is 52.7 Å². The topological polar surface area (TPSA) is 117 Å². The average molecular weight is 1560 g/mol. The fourth-order valence-corrected chi connectivity index (χ4v) is 16.2. The van der Waals surface area contributed by atoms with Gasteiger partial charge in [-0.05, 0) is 203 Å². The van der Waals surface area contributed by atoms with E-state index in [0.717, 1.165) is 106 Å². The summed E-state index contributed by atoms with van der Waals surface area (Å²) in [4.78, 5) is 39.0. The van der Waals surface area contributed by atoms with Gasteiger partial charge in [-0.15, -0.1) is 0 Å². The van der Waals surface area contributed by atoms with E-state index in [4.69, 9.17) is 29.4 Å². The molecule has 0 amide bonds. The third-order valence-electron chi connectivity index (χ3n) is 22.5. The molecule has 18 heteroatoms. The van der Waals surface area contributed by atoms with Crippen molar-refractivity contribution in [2.75, 3.05) is 83.9 Å². The van der Waals surface area contributed by atoms with Crippen LogP contribution in [0.1, 0.15) is 109 Å². The molecule has 6 aliphatic heterocycles. The van der Waals surface area contributed by atoms with Crippen LogP contribution in [0.4, 0.5) is 80.1 Å². The minimum atomic E-state index is -2.26. The van der Waals surface area contributed by atoms with E-state index < -0.39 is 34.9 Å². The molecule has 6 aliphatic rings. The van der Waals surface area contributed by atoms with Crippen LogP contribution in [0, 0.1) is 41.5 Å². The number of rotatable bonds is 7. The summed E-state index contributed by atoms with van der Waals surface area (Å²) >= 11 is 0. The minimum absolute atomic E-state index is 0.254. The Morgan fingerprint density at radius 3 is 1.17 bits per heavy atom. The number of para-hydroxylation sites is 8. The van der Waals surface area contributed by atoms with E-state index in [9.17, 15) is 0 Å². The third kappa shape index (κ3) is 14.4. The van der Waals surface area contributed by atoms with Crippen molar-refractivity contribution in [3.8, 4) is 0 Å². The standard InChI is InChI=1S/C20H22N2O.C18H18N2O.C16H18N2.2C15H17N3.C14H16N4/c1-13(2)21-11-12-22(15(21)4)19-14(3)9-10-17-16-7-5-6-8-18(16)23-20(17)19;1-12-8-9-15-14-6-4-5-7-16(14)21-18(15)17(12)20-11-10-19(3)13(20)2;1-12-8-4-5-9-14(12)18-13(2)17(3)15-10-6-7-11-16(15)18;1-11-7-4-5-8-13(11)18-12(2)17(3)15-14(18)9-6-10-16-15;1-11-7-4-5-8-13(11)18-12(2)17(3)14-9-6-10-16-15(14)18;1-10-6-4-5-7-12(10)18-11(2)17(3)13-14(18)16-9-8-15-13/h5-13,15H,1-4H3;4-11,13H,1-3H3;4-11,13H,1-3H3;2*4-10,12H,1-3H3;4-9,11H,1-3H3/i;5*3D3. The van der Waals surface area contributed by atoms with Crippen molar-refractivity contribution in [2.45, 2.75) is 140 Å². The molecule has 0 radical (unpaired) electrons. The highest BCUT2D eigenvalue weighted by atomic mass is 16.3. The Morgan fingerprint density at radius 1 is 0.293 bits per heavy atom. The normalized spacial score (nSPS) is 20.6. The number of pyridine rings is 2. The van der Waals surface area contributed by atoms with Gasteiger partial charge in [-0.1, -0.05) is 146 Å². The van der Waals surface area contributed by atoms with Gasteiger partial charge in [0, 0.05) is 155 Å². The van der Waals surface area contributed by atoms with E-state index in [-0.39, 0.29) is 37.0 Å². The van der Waals surface area contributed by atoms with Gasteiger partial charge in [-0.25, -0.2) is 19.9 Å². The zero-order valence-electron chi connectivity index (χ0n) is 82.9. The predicted molar refractivity (Wildman–Crippen MR) is 485 cm³/mol. The maximum Gasteiger partial charge on any atom is 0.178 e. The smallest absolute Gasteiger partial charge is 0.178 e. The first-order valence-corrected chi connectivity index (χ1v) is 39.3. The third-order valence-corrected chi connectivity index (χ3v) is 22.5. The molecule has 18 nitrogen and oxygen atoms in total. The Bertz CT molecular complexity index is 6080. The largest absolute Gasteiger partial charge is 0.454 e. The van der Waals surface area contributed by atoms with Crippen molar-refractivity contribution >= 4 is 124 Å². The van der Waals surface area contributed by atoms with E-state index in [1.807, 2.05) is 271 Å². The van der Waals surface area contributed by atoms with E-state index in [1.54, 1.807) is 30.9 Å². The van der Waals surface area contributed by atoms with Gasteiger partial charge in [0.2, 0.25) is 0 Å². The molecule has 0 spiro atoms. The van der Waals surface area contributed by atoms with Gasteiger partial charge in [0.05, 0.1) is 34.1 Å². The highest BCUT2D eigenvalue weighted by Gasteiger charge is 2.38. The van der Waals surface area contributed by atoms with Gasteiger partial charge >= 0.3 is 0 Å². The highest BCUT2D eigenvalue weighted by Crippen LogP contribution is 2.48. The summed E-state index contributed by atoms with van der Waals surface area (Å²) in [7, 11) is 0. The lowest BCUT2D eigenvalue weighted by Gasteiger charge is -2.33. The maximum absolute atomic E-state index is 7.83. The van der Waals surface area contributed by atoms with Crippen molar-refractivity contribution in [2.24, 2.45) is 0 Å². The van der Waals surface area contributed by atoms with E-state index in [0.29, 0.717) is 35.0 Å². The van der Waals surface area contributed by atoms with Gasteiger partial charge < -0.3 is 67.6 Å². The van der Waals surface area contributed by atoms with Crippen LogP contribution in [-0.2, 0) is 0 Å². The van der Waals surface area contributed by atoms with Crippen LogP contribution in [0.25, 0.3) is 43.9 Å². The van der Waals surface area contributed by atoms with Crippen molar-refractivity contribution in [3.05, 3.63) is 301 Å². The van der Waals surface area contributed by atoms with Crippen LogP contribution in [0.5, 0.6) is 0 Å². The Labute approximate surface area is 705 Å². The first-order valence-electron chi connectivity index (χ1n) is 46.8. The van der Waals surface area contributed by atoms with Crippen molar-refractivity contribution < 1.29 is 29.4 Å². The molecule has 20 rings (SSSR count). The number of aryl methyl sites for hydroxylation is 6. The second-order valence-corrected chi connectivity index (χ2v) is 30.1. The number of fused-ring (bicyclic) bond motifs is 10. The first kappa shape index (κ1) is 61.5.